The second-order valence-corrected chi connectivity index (χ2v) is 4.41. The minimum absolute atomic E-state index is 0.138. The maximum Gasteiger partial charge on any atom is 0.123 e. The van der Waals surface area contributed by atoms with Crippen molar-refractivity contribution in [3.8, 4) is 0 Å². The SMILES string of the molecule is CC(N)C1c2ccc(F)cc2CC1C. The number of hydrogen-bond acceptors (Lipinski definition) is 1. The smallest absolute Gasteiger partial charge is 0.123 e. The Bertz CT molecular complexity index is 346. The highest BCUT2D eigenvalue weighted by Gasteiger charge is 2.31. The maximum absolute atomic E-state index is 13.0. The molecule has 0 radical (unpaired) electrons. The van der Waals surface area contributed by atoms with Crippen LogP contribution in [0.15, 0.2) is 18.2 Å². The second-order valence-electron chi connectivity index (χ2n) is 4.41. The lowest BCUT2D eigenvalue weighted by molar-refractivity contribution is 0.439. The summed E-state index contributed by atoms with van der Waals surface area (Å²) in [5.41, 5.74) is 8.33. The molecule has 14 heavy (non-hydrogen) atoms. The molecule has 0 aromatic heterocycles. The number of rotatable bonds is 1. The normalized spacial score (nSPS) is 27.4. The lowest BCUT2D eigenvalue weighted by atomic mass is 9.88. The van der Waals surface area contributed by atoms with E-state index in [0.717, 1.165) is 12.0 Å². The van der Waals surface area contributed by atoms with Crippen LogP contribution in [0.4, 0.5) is 4.39 Å². The first-order chi connectivity index (χ1) is 6.59. The molecule has 2 N–H and O–H groups in total. The third-order valence-electron chi connectivity index (χ3n) is 3.19. The molecule has 0 heterocycles. The van der Waals surface area contributed by atoms with Crippen LogP contribution in [-0.4, -0.2) is 6.04 Å². The van der Waals surface area contributed by atoms with Crippen LogP contribution < -0.4 is 5.73 Å². The van der Waals surface area contributed by atoms with Gasteiger partial charge in [0.05, 0.1) is 0 Å². The number of fused-ring (bicyclic) bond motifs is 1. The van der Waals surface area contributed by atoms with E-state index in [1.165, 1.54) is 11.6 Å². The minimum Gasteiger partial charge on any atom is -0.327 e. The first kappa shape index (κ1) is 9.66. The number of benzene rings is 1. The van der Waals surface area contributed by atoms with E-state index in [4.69, 9.17) is 5.73 Å². The first-order valence-corrected chi connectivity index (χ1v) is 5.13. The van der Waals surface area contributed by atoms with E-state index in [2.05, 4.69) is 6.92 Å². The Kier molecular flexibility index (Phi) is 2.31. The number of hydrogen-bond donors (Lipinski definition) is 1. The Balaban J connectivity index is 2.42. The van der Waals surface area contributed by atoms with Crippen molar-refractivity contribution in [3.05, 3.63) is 35.1 Å². The molecule has 1 aliphatic carbocycles. The molecule has 0 spiro atoms. The third-order valence-corrected chi connectivity index (χ3v) is 3.19. The van der Waals surface area contributed by atoms with Crippen LogP contribution >= 0.6 is 0 Å². The zero-order valence-electron chi connectivity index (χ0n) is 8.63. The molecular weight excluding hydrogens is 177 g/mol. The Labute approximate surface area is 84.1 Å². The molecule has 1 nitrogen and oxygen atoms in total. The molecule has 2 rings (SSSR count). The highest BCUT2D eigenvalue weighted by Crippen LogP contribution is 2.39. The van der Waals surface area contributed by atoms with Gasteiger partial charge in [0.25, 0.3) is 0 Å². The lowest BCUT2D eigenvalue weighted by Crippen LogP contribution is -2.26. The summed E-state index contributed by atoms with van der Waals surface area (Å²) >= 11 is 0. The topological polar surface area (TPSA) is 26.0 Å². The van der Waals surface area contributed by atoms with E-state index in [1.54, 1.807) is 6.07 Å². The van der Waals surface area contributed by atoms with Crippen molar-refractivity contribution in [1.82, 2.24) is 0 Å². The fourth-order valence-electron chi connectivity index (χ4n) is 2.66. The van der Waals surface area contributed by atoms with Gasteiger partial charge in [-0.05, 0) is 42.5 Å². The van der Waals surface area contributed by atoms with E-state index in [1.807, 2.05) is 13.0 Å². The molecule has 1 aromatic rings. The molecule has 0 saturated carbocycles. The summed E-state index contributed by atoms with van der Waals surface area (Å²) in [6.07, 6.45) is 0.958. The van der Waals surface area contributed by atoms with Gasteiger partial charge in [-0.15, -0.1) is 0 Å². The summed E-state index contributed by atoms with van der Waals surface area (Å²) in [7, 11) is 0. The van der Waals surface area contributed by atoms with Gasteiger partial charge in [0, 0.05) is 12.0 Å². The molecule has 0 fully saturated rings. The van der Waals surface area contributed by atoms with Gasteiger partial charge >= 0.3 is 0 Å². The second kappa shape index (κ2) is 3.35. The van der Waals surface area contributed by atoms with Crippen molar-refractivity contribution < 1.29 is 4.39 Å². The number of halogens is 1. The predicted octanol–water partition coefficient (Wildman–Crippen LogP) is 2.45. The summed E-state index contributed by atoms with van der Waals surface area (Å²) in [6, 6.07) is 5.22. The van der Waals surface area contributed by atoms with Crippen LogP contribution in [-0.2, 0) is 6.42 Å². The number of nitrogens with two attached hydrogens (primary N) is 1. The van der Waals surface area contributed by atoms with Crippen LogP contribution in [0, 0.1) is 11.7 Å². The highest BCUT2D eigenvalue weighted by molar-refractivity contribution is 5.37. The van der Waals surface area contributed by atoms with Gasteiger partial charge in [-0.2, -0.15) is 0 Å². The Morgan fingerprint density at radius 1 is 1.50 bits per heavy atom. The molecule has 2 heteroatoms. The average molecular weight is 193 g/mol. The van der Waals surface area contributed by atoms with Crippen LogP contribution in [0.5, 0.6) is 0 Å². The van der Waals surface area contributed by atoms with Gasteiger partial charge in [0.2, 0.25) is 0 Å². The van der Waals surface area contributed by atoms with Gasteiger partial charge in [-0.25, -0.2) is 4.39 Å². The van der Waals surface area contributed by atoms with Gasteiger partial charge in [-0.3, -0.25) is 0 Å². The van der Waals surface area contributed by atoms with Gasteiger partial charge in [-0.1, -0.05) is 13.0 Å². The monoisotopic (exact) mass is 193 g/mol. The standard InChI is InChI=1S/C12H16FN/c1-7-5-9-6-10(13)3-4-11(9)12(7)8(2)14/h3-4,6-8,12H,5,14H2,1-2H3. The molecule has 0 amide bonds. The van der Waals surface area contributed by atoms with Gasteiger partial charge < -0.3 is 5.73 Å². The molecule has 1 aromatic carbocycles. The van der Waals surface area contributed by atoms with Crippen molar-refractivity contribution in [2.24, 2.45) is 11.7 Å². The fraction of sp³-hybridized carbons (Fsp3) is 0.500. The first-order valence-electron chi connectivity index (χ1n) is 5.13. The molecule has 0 saturated heterocycles. The van der Waals surface area contributed by atoms with Crippen LogP contribution in [0.25, 0.3) is 0 Å². The van der Waals surface area contributed by atoms with Crippen molar-refractivity contribution in [1.29, 1.82) is 0 Å². The molecule has 76 valence electrons. The molecule has 1 aliphatic rings. The van der Waals surface area contributed by atoms with E-state index >= 15 is 0 Å². The summed E-state index contributed by atoms with van der Waals surface area (Å²) in [5, 5.41) is 0. The zero-order chi connectivity index (χ0) is 10.3. The Morgan fingerprint density at radius 3 is 2.86 bits per heavy atom. The van der Waals surface area contributed by atoms with Crippen LogP contribution in [0.3, 0.4) is 0 Å². The minimum atomic E-state index is -0.138. The predicted molar refractivity (Wildman–Crippen MR) is 55.7 cm³/mol. The van der Waals surface area contributed by atoms with Crippen molar-refractivity contribution in [2.75, 3.05) is 0 Å². The lowest BCUT2D eigenvalue weighted by Gasteiger charge is -2.20. The Morgan fingerprint density at radius 2 is 2.21 bits per heavy atom. The molecular formula is C12H16FN. The third kappa shape index (κ3) is 1.44. The van der Waals surface area contributed by atoms with Crippen LogP contribution in [0.2, 0.25) is 0 Å². The van der Waals surface area contributed by atoms with E-state index in [0.29, 0.717) is 11.8 Å². The van der Waals surface area contributed by atoms with Crippen molar-refractivity contribution in [3.63, 3.8) is 0 Å². The molecule has 3 unspecified atom stereocenters. The van der Waals surface area contributed by atoms with Crippen molar-refractivity contribution >= 4 is 0 Å². The van der Waals surface area contributed by atoms with Crippen LogP contribution in [0.1, 0.15) is 30.9 Å². The Hall–Kier alpha value is -0.890. The average Bonchev–Trinajstić information content (AvgIpc) is 2.39. The van der Waals surface area contributed by atoms with E-state index in [-0.39, 0.29) is 11.9 Å². The van der Waals surface area contributed by atoms with E-state index < -0.39 is 0 Å². The molecule has 3 atom stereocenters. The quantitative estimate of drug-likeness (QED) is 0.728. The molecule has 0 aliphatic heterocycles. The zero-order valence-corrected chi connectivity index (χ0v) is 8.63. The van der Waals surface area contributed by atoms with Gasteiger partial charge in [0.1, 0.15) is 5.82 Å². The van der Waals surface area contributed by atoms with Gasteiger partial charge in [0.15, 0.2) is 0 Å². The van der Waals surface area contributed by atoms with E-state index in [9.17, 15) is 4.39 Å². The summed E-state index contributed by atoms with van der Waals surface area (Å²) in [4.78, 5) is 0. The summed E-state index contributed by atoms with van der Waals surface area (Å²) in [6.45, 7) is 4.21. The largest absolute Gasteiger partial charge is 0.327 e. The highest BCUT2D eigenvalue weighted by atomic mass is 19.1. The molecule has 0 bridgehead atoms. The fourth-order valence-corrected chi connectivity index (χ4v) is 2.66. The summed E-state index contributed by atoms with van der Waals surface area (Å²) in [5.74, 6) is 0.790. The summed E-state index contributed by atoms with van der Waals surface area (Å²) < 4.78 is 13.0. The van der Waals surface area contributed by atoms with Crippen molar-refractivity contribution in [2.45, 2.75) is 32.2 Å². The maximum atomic E-state index is 13.0.